The highest BCUT2D eigenvalue weighted by molar-refractivity contribution is 6.34. The normalized spacial score (nSPS) is 10.3. The highest BCUT2D eigenvalue weighted by atomic mass is 35.5. The van der Waals surface area contributed by atoms with Gasteiger partial charge in [-0.1, -0.05) is 29.8 Å². The molecule has 0 bridgehead atoms. The molecule has 0 aliphatic rings. The molecule has 0 aliphatic heterocycles. The molecule has 1 heterocycles. The molecule has 0 radical (unpaired) electrons. The Balaban J connectivity index is 2.24. The van der Waals surface area contributed by atoms with Gasteiger partial charge in [0.2, 0.25) is 0 Å². The summed E-state index contributed by atoms with van der Waals surface area (Å²) in [6, 6.07) is 9.19. The number of aromatic nitrogens is 2. The highest BCUT2D eigenvalue weighted by Crippen LogP contribution is 2.20. The fourth-order valence-corrected chi connectivity index (χ4v) is 1.69. The van der Waals surface area contributed by atoms with Gasteiger partial charge in [-0.25, -0.2) is 0 Å². The summed E-state index contributed by atoms with van der Waals surface area (Å²) in [6.45, 7) is 1.81. The lowest BCUT2D eigenvalue weighted by atomic mass is 10.3. The van der Waals surface area contributed by atoms with Gasteiger partial charge < -0.3 is 5.32 Å². The largest absolute Gasteiger partial charge is 0.321 e. The smallest absolute Gasteiger partial charge is 0.277 e. The first-order valence-corrected chi connectivity index (χ1v) is 5.53. The molecule has 2 aromatic rings. The zero-order chi connectivity index (χ0) is 12.4. The monoisotopic (exact) mass is 249 g/mol. The predicted molar refractivity (Wildman–Crippen MR) is 67.4 cm³/mol. The van der Waals surface area contributed by atoms with Gasteiger partial charge in [0.1, 0.15) is 0 Å². The molecule has 0 saturated carbocycles. The first kappa shape index (κ1) is 11.7. The summed E-state index contributed by atoms with van der Waals surface area (Å²) >= 11 is 6.03. The number of rotatable bonds is 2. The van der Waals surface area contributed by atoms with Crippen LogP contribution in [0.1, 0.15) is 16.2 Å². The first-order chi connectivity index (χ1) is 8.09. The summed E-state index contributed by atoms with van der Waals surface area (Å²) in [5.41, 5.74) is 1.73. The van der Waals surface area contributed by atoms with Crippen molar-refractivity contribution in [3.8, 4) is 0 Å². The molecule has 0 aliphatic carbocycles. The quantitative estimate of drug-likeness (QED) is 0.889. The molecule has 0 saturated heterocycles. The van der Waals surface area contributed by atoms with Crippen LogP contribution in [0.2, 0.25) is 5.02 Å². The SMILES string of the molecule is Cc1c(Cl)c(C(=O)Nc2ccccc2)nn1C. The number of anilines is 1. The minimum absolute atomic E-state index is 0.246. The molecule has 0 atom stereocenters. The number of halogens is 1. The molecule has 0 spiro atoms. The molecule has 1 aromatic heterocycles. The van der Waals surface area contributed by atoms with E-state index in [4.69, 9.17) is 11.6 Å². The van der Waals surface area contributed by atoms with Crippen LogP contribution >= 0.6 is 11.6 Å². The second-order valence-electron chi connectivity index (χ2n) is 3.69. The van der Waals surface area contributed by atoms with E-state index < -0.39 is 0 Å². The van der Waals surface area contributed by atoms with E-state index in [-0.39, 0.29) is 11.6 Å². The minimum atomic E-state index is -0.301. The summed E-state index contributed by atoms with van der Waals surface area (Å²) < 4.78 is 1.59. The summed E-state index contributed by atoms with van der Waals surface area (Å²) in [5.74, 6) is -0.301. The maximum atomic E-state index is 11.9. The van der Waals surface area contributed by atoms with Gasteiger partial charge in [-0.05, 0) is 19.1 Å². The minimum Gasteiger partial charge on any atom is -0.321 e. The molecule has 0 unspecified atom stereocenters. The van der Waals surface area contributed by atoms with Gasteiger partial charge in [-0.3, -0.25) is 9.48 Å². The second kappa shape index (κ2) is 4.59. The van der Waals surface area contributed by atoms with E-state index in [9.17, 15) is 4.79 Å². The first-order valence-electron chi connectivity index (χ1n) is 5.15. The average Bonchev–Trinajstić information content (AvgIpc) is 2.58. The van der Waals surface area contributed by atoms with Crippen molar-refractivity contribution in [3.05, 3.63) is 46.7 Å². The van der Waals surface area contributed by atoms with E-state index in [1.54, 1.807) is 11.7 Å². The van der Waals surface area contributed by atoms with Gasteiger partial charge in [-0.2, -0.15) is 5.10 Å². The van der Waals surface area contributed by atoms with E-state index in [0.717, 1.165) is 11.4 Å². The second-order valence-corrected chi connectivity index (χ2v) is 4.07. The zero-order valence-electron chi connectivity index (χ0n) is 9.57. The molecular formula is C12H12ClN3O. The summed E-state index contributed by atoms with van der Waals surface area (Å²) in [5, 5.41) is 7.21. The van der Waals surface area contributed by atoms with Gasteiger partial charge >= 0.3 is 0 Å². The average molecular weight is 250 g/mol. The number of carbonyl (C=O) groups excluding carboxylic acids is 1. The molecule has 1 aromatic carbocycles. The number of hydrogen-bond donors (Lipinski definition) is 1. The van der Waals surface area contributed by atoms with Crippen LogP contribution in [-0.2, 0) is 7.05 Å². The summed E-state index contributed by atoms with van der Waals surface area (Å²) in [6.07, 6.45) is 0. The molecule has 5 heteroatoms. The van der Waals surface area contributed by atoms with Crippen LogP contribution in [0.25, 0.3) is 0 Å². The molecular weight excluding hydrogens is 238 g/mol. The molecule has 4 nitrogen and oxygen atoms in total. The van der Waals surface area contributed by atoms with Crippen molar-refractivity contribution in [3.63, 3.8) is 0 Å². The van der Waals surface area contributed by atoms with Crippen molar-refractivity contribution in [1.82, 2.24) is 9.78 Å². The van der Waals surface area contributed by atoms with Crippen LogP contribution in [0.15, 0.2) is 30.3 Å². The van der Waals surface area contributed by atoms with Crippen LogP contribution in [0.5, 0.6) is 0 Å². The van der Waals surface area contributed by atoms with Crippen LogP contribution < -0.4 is 5.32 Å². The molecule has 1 amide bonds. The Labute approximate surface area is 104 Å². The van der Waals surface area contributed by atoms with E-state index in [1.165, 1.54) is 0 Å². The third kappa shape index (κ3) is 2.31. The number of nitrogens with zero attached hydrogens (tertiary/aromatic N) is 2. The van der Waals surface area contributed by atoms with E-state index in [1.807, 2.05) is 37.3 Å². The fourth-order valence-electron chi connectivity index (χ4n) is 1.44. The third-order valence-corrected chi connectivity index (χ3v) is 2.96. The fraction of sp³-hybridized carbons (Fsp3) is 0.167. The van der Waals surface area contributed by atoms with Gasteiger partial charge in [-0.15, -0.1) is 0 Å². The van der Waals surface area contributed by atoms with Crippen molar-refractivity contribution < 1.29 is 4.79 Å². The van der Waals surface area contributed by atoms with Crippen LogP contribution in [0, 0.1) is 6.92 Å². The molecule has 17 heavy (non-hydrogen) atoms. The topological polar surface area (TPSA) is 46.9 Å². The van der Waals surface area contributed by atoms with E-state index in [2.05, 4.69) is 10.4 Å². The molecule has 0 fully saturated rings. The van der Waals surface area contributed by atoms with Gasteiger partial charge in [0.25, 0.3) is 5.91 Å². The van der Waals surface area contributed by atoms with Crippen molar-refractivity contribution >= 4 is 23.2 Å². The zero-order valence-corrected chi connectivity index (χ0v) is 10.3. The Morgan fingerprint density at radius 2 is 2.00 bits per heavy atom. The summed E-state index contributed by atoms with van der Waals surface area (Å²) in [7, 11) is 1.75. The third-order valence-electron chi connectivity index (χ3n) is 2.51. The van der Waals surface area contributed by atoms with Gasteiger partial charge in [0.05, 0.1) is 10.7 Å². The standard InChI is InChI=1S/C12H12ClN3O/c1-8-10(13)11(15-16(8)2)12(17)14-9-6-4-3-5-7-9/h3-7H,1-2H3,(H,14,17). The Morgan fingerprint density at radius 1 is 1.35 bits per heavy atom. The van der Waals surface area contributed by atoms with Crippen LogP contribution in [-0.4, -0.2) is 15.7 Å². The Hall–Kier alpha value is -1.81. The van der Waals surface area contributed by atoms with Crippen LogP contribution in [0.4, 0.5) is 5.69 Å². The number of aryl methyl sites for hydroxylation is 1. The number of hydrogen-bond acceptors (Lipinski definition) is 2. The number of nitrogens with one attached hydrogen (secondary N) is 1. The number of benzene rings is 1. The lowest BCUT2D eigenvalue weighted by Gasteiger charge is -2.02. The number of amides is 1. The maximum Gasteiger partial charge on any atom is 0.277 e. The molecule has 1 N–H and O–H groups in total. The Morgan fingerprint density at radius 3 is 2.53 bits per heavy atom. The van der Waals surface area contributed by atoms with Crippen molar-refractivity contribution in [1.29, 1.82) is 0 Å². The summed E-state index contributed by atoms with van der Waals surface area (Å²) in [4.78, 5) is 11.9. The lowest BCUT2D eigenvalue weighted by molar-refractivity contribution is 0.102. The van der Waals surface area contributed by atoms with Crippen molar-refractivity contribution in [2.24, 2.45) is 7.05 Å². The van der Waals surface area contributed by atoms with Crippen LogP contribution in [0.3, 0.4) is 0 Å². The Bertz CT molecular complexity index is 548. The van der Waals surface area contributed by atoms with E-state index in [0.29, 0.717) is 5.02 Å². The Kier molecular flexibility index (Phi) is 3.15. The number of carbonyl (C=O) groups is 1. The lowest BCUT2D eigenvalue weighted by Crippen LogP contribution is -2.13. The van der Waals surface area contributed by atoms with Gasteiger partial charge in [0.15, 0.2) is 5.69 Å². The van der Waals surface area contributed by atoms with E-state index >= 15 is 0 Å². The molecule has 88 valence electrons. The van der Waals surface area contributed by atoms with Crippen molar-refractivity contribution in [2.75, 3.05) is 5.32 Å². The predicted octanol–water partition coefficient (Wildman–Crippen LogP) is 2.63. The molecule has 2 rings (SSSR count). The number of para-hydroxylation sites is 1. The van der Waals surface area contributed by atoms with Crippen molar-refractivity contribution in [2.45, 2.75) is 6.92 Å². The maximum absolute atomic E-state index is 11.9. The highest BCUT2D eigenvalue weighted by Gasteiger charge is 2.17. The van der Waals surface area contributed by atoms with Gasteiger partial charge in [0, 0.05) is 12.7 Å².